The molecule has 21 heavy (non-hydrogen) atoms. The number of nitrogens with two attached hydrogens (primary N) is 1. The van der Waals surface area contributed by atoms with Gasteiger partial charge in [-0.2, -0.15) is 0 Å². The van der Waals surface area contributed by atoms with Gasteiger partial charge in [-0.3, -0.25) is 4.21 Å². The van der Waals surface area contributed by atoms with Crippen molar-refractivity contribution in [3.63, 3.8) is 0 Å². The Morgan fingerprint density at radius 2 is 2.05 bits per heavy atom. The highest BCUT2D eigenvalue weighted by molar-refractivity contribution is 7.85. The van der Waals surface area contributed by atoms with Crippen LogP contribution in [0.25, 0.3) is 0 Å². The lowest BCUT2D eigenvalue weighted by Crippen LogP contribution is -2.27. The minimum absolute atomic E-state index is 0.220. The fourth-order valence-corrected chi connectivity index (χ4v) is 4.26. The number of rotatable bonds is 3. The van der Waals surface area contributed by atoms with Crippen molar-refractivity contribution >= 4 is 10.8 Å². The minimum atomic E-state index is -1.48. The van der Waals surface area contributed by atoms with Gasteiger partial charge in [-0.25, -0.2) is 4.39 Å². The molecule has 1 aliphatic rings. The normalized spacial score (nSPS) is 21.9. The molecule has 0 bridgehead atoms. The van der Waals surface area contributed by atoms with Crippen LogP contribution in [0.2, 0.25) is 0 Å². The Balaban J connectivity index is 1.93. The van der Waals surface area contributed by atoms with E-state index in [0.717, 1.165) is 16.9 Å². The summed E-state index contributed by atoms with van der Waals surface area (Å²) in [6, 6.07) is 11.4. The van der Waals surface area contributed by atoms with E-state index in [1.165, 1.54) is 6.07 Å². The molecule has 5 heteroatoms. The first-order valence-electron chi connectivity index (χ1n) is 6.69. The van der Waals surface area contributed by atoms with Crippen LogP contribution in [0.1, 0.15) is 17.2 Å². The summed E-state index contributed by atoms with van der Waals surface area (Å²) in [5, 5.41) is -0.316. The predicted molar refractivity (Wildman–Crippen MR) is 80.2 cm³/mol. The van der Waals surface area contributed by atoms with E-state index in [9.17, 15) is 8.60 Å². The predicted octanol–water partition coefficient (Wildman–Crippen LogP) is 2.57. The summed E-state index contributed by atoms with van der Waals surface area (Å²) < 4.78 is 31.7. The molecule has 0 heterocycles. The van der Waals surface area contributed by atoms with Gasteiger partial charge >= 0.3 is 0 Å². The van der Waals surface area contributed by atoms with Crippen LogP contribution >= 0.6 is 0 Å². The van der Waals surface area contributed by atoms with E-state index < -0.39 is 16.6 Å². The van der Waals surface area contributed by atoms with Crippen LogP contribution in [0.15, 0.2) is 47.4 Å². The third-order valence-electron chi connectivity index (χ3n) is 3.86. The van der Waals surface area contributed by atoms with Gasteiger partial charge in [-0.1, -0.05) is 18.2 Å². The first-order valence-corrected chi connectivity index (χ1v) is 7.90. The van der Waals surface area contributed by atoms with Crippen LogP contribution in [0.5, 0.6) is 5.75 Å². The number of hydrogen-bond acceptors (Lipinski definition) is 3. The molecule has 110 valence electrons. The van der Waals surface area contributed by atoms with Gasteiger partial charge in [0.15, 0.2) is 0 Å². The van der Waals surface area contributed by atoms with Crippen molar-refractivity contribution in [1.29, 1.82) is 0 Å². The standard InChI is InChI=1S/C16H16FNO2S/c1-20-11-7-6-10-8-15(16(18)12(10)9-11)21(19)14-5-3-2-4-13(14)17/h2-7,9,15-16H,8,18H2,1H3. The number of benzene rings is 2. The molecule has 3 unspecified atom stereocenters. The molecule has 3 rings (SSSR count). The SMILES string of the molecule is COc1ccc2c(c1)C(N)C(S(=O)c1ccccc1F)C2. The summed E-state index contributed by atoms with van der Waals surface area (Å²) in [5.74, 6) is 0.276. The maximum absolute atomic E-state index is 13.8. The molecule has 0 radical (unpaired) electrons. The summed E-state index contributed by atoms with van der Waals surface area (Å²) in [7, 11) is 0.118. The van der Waals surface area contributed by atoms with Gasteiger partial charge in [0.1, 0.15) is 11.6 Å². The van der Waals surface area contributed by atoms with Crippen molar-refractivity contribution in [2.75, 3.05) is 7.11 Å². The van der Waals surface area contributed by atoms with Crippen molar-refractivity contribution in [2.24, 2.45) is 5.73 Å². The first-order chi connectivity index (χ1) is 10.1. The highest BCUT2D eigenvalue weighted by atomic mass is 32.2. The van der Waals surface area contributed by atoms with E-state index in [2.05, 4.69) is 0 Å². The number of methoxy groups -OCH3 is 1. The van der Waals surface area contributed by atoms with Crippen molar-refractivity contribution in [2.45, 2.75) is 22.6 Å². The molecular formula is C16H16FNO2S. The van der Waals surface area contributed by atoms with Gasteiger partial charge < -0.3 is 10.5 Å². The van der Waals surface area contributed by atoms with Crippen LogP contribution in [-0.2, 0) is 17.2 Å². The molecular weight excluding hydrogens is 289 g/mol. The lowest BCUT2D eigenvalue weighted by molar-refractivity contribution is 0.414. The van der Waals surface area contributed by atoms with Crippen molar-refractivity contribution in [3.05, 3.63) is 59.4 Å². The van der Waals surface area contributed by atoms with Crippen molar-refractivity contribution < 1.29 is 13.3 Å². The molecule has 0 saturated heterocycles. The molecule has 2 N–H and O–H groups in total. The van der Waals surface area contributed by atoms with E-state index in [4.69, 9.17) is 10.5 Å². The molecule has 0 spiro atoms. The van der Waals surface area contributed by atoms with E-state index in [0.29, 0.717) is 6.42 Å². The Kier molecular flexibility index (Phi) is 3.78. The fourth-order valence-electron chi connectivity index (χ4n) is 2.72. The van der Waals surface area contributed by atoms with Crippen molar-refractivity contribution in [3.8, 4) is 5.75 Å². The zero-order valence-corrected chi connectivity index (χ0v) is 12.4. The summed E-state index contributed by atoms with van der Waals surface area (Å²) in [4.78, 5) is 0.220. The average molecular weight is 305 g/mol. The van der Waals surface area contributed by atoms with E-state index in [1.807, 2.05) is 18.2 Å². The quantitative estimate of drug-likeness (QED) is 0.948. The third-order valence-corrected chi connectivity index (χ3v) is 5.64. The van der Waals surface area contributed by atoms with Gasteiger partial charge in [0, 0.05) is 6.04 Å². The zero-order valence-electron chi connectivity index (χ0n) is 11.6. The second-order valence-corrected chi connectivity index (χ2v) is 6.70. The molecule has 0 fully saturated rings. The Labute approximate surface area is 125 Å². The number of fused-ring (bicyclic) bond motifs is 1. The summed E-state index contributed by atoms with van der Waals surface area (Å²) in [5.41, 5.74) is 8.22. The Hall–Kier alpha value is -1.72. The van der Waals surface area contributed by atoms with E-state index >= 15 is 0 Å². The monoisotopic (exact) mass is 305 g/mol. The smallest absolute Gasteiger partial charge is 0.139 e. The molecule has 0 amide bonds. The Morgan fingerprint density at radius 1 is 1.29 bits per heavy atom. The third kappa shape index (κ3) is 2.47. The molecule has 0 saturated carbocycles. The molecule has 3 nitrogen and oxygen atoms in total. The van der Waals surface area contributed by atoms with E-state index in [1.54, 1.807) is 25.3 Å². The lowest BCUT2D eigenvalue weighted by Gasteiger charge is -2.16. The highest BCUT2D eigenvalue weighted by Crippen LogP contribution is 2.37. The molecule has 3 atom stereocenters. The second-order valence-electron chi connectivity index (χ2n) is 5.06. The van der Waals surface area contributed by atoms with Crippen molar-refractivity contribution in [1.82, 2.24) is 0 Å². The topological polar surface area (TPSA) is 52.3 Å². The molecule has 2 aromatic carbocycles. The van der Waals surface area contributed by atoms with Gasteiger partial charge in [-0.05, 0) is 41.8 Å². The van der Waals surface area contributed by atoms with Gasteiger partial charge in [0.2, 0.25) is 0 Å². The summed E-state index contributed by atoms with van der Waals surface area (Å²) in [6.45, 7) is 0. The zero-order chi connectivity index (χ0) is 15.0. The van der Waals surface area contributed by atoms with Gasteiger partial charge in [-0.15, -0.1) is 0 Å². The molecule has 1 aliphatic carbocycles. The van der Waals surface area contributed by atoms with Crippen LogP contribution in [0, 0.1) is 5.82 Å². The number of ether oxygens (including phenoxy) is 1. The second kappa shape index (κ2) is 5.58. The Bertz CT molecular complexity index is 704. The lowest BCUT2D eigenvalue weighted by atomic mass is 10.1. The average Bonchev–Trinajstić information content (AvgIpc) is 2.83. The van der Waals surface area contributed by atoms with Crippen LogP contribution in [0.4, 0.5) is 4.39 Å². The maximum atomic E-state index is 13.8. The minimum Gasteiger partial charge on any atom is -0.497 e. The summed E-state index contributed by atoms with van der Waals surface area (Å²) >= 11 is 0. The largest absolute Gasteiger partial charge is 0.497 e. The maximum Gasteiger partial charge on any atom is 0.139 e. The Morgan fingerprint density at radius 3 is 2.76 bits per heavy atom. The first kappa shape index (κ1) is 14.2. The number of hydrogen-bond donors (Lipinski definition) is 1. The highest BCUT2D eigenvalue weighted by Gasteiger charge is 2.35. The summed E-state index contributed by atoms with van der Waals surface area (Å²) in [6.07, 6.45) is 0.585. The van der Waals surface area contributed by atoms with Crippen LogP contribution < -0.4 is 10.5 Å². The molecule has 0 aromatic heterocycles. The van der Waals surface area contributed by atoms with Gasteiger partial charge in [0.25, 0.3) is 0 Å². The number of halogens is 1. The molecule has 2 aromatic rings. The van der Waals surface area contributed by atoms with E-state index in [-0.39, 0.29) is 16.2 Å². The van der Waals surface area contributed by atoms with Crippen LogP contribution in [-0.4, -0.2) is 16.6 Å². The van der Waals surface area contributed by atoms with Gasteiger partial charge in [0.05, 0.1) is 28.1 Å². The fraction of sp³-hybridized carbons (Fsp3) is 0.250. The molecule has 0 aliphatic heterocycles. The van der Waals surface area contributed by atoms with Crippen LogP contribution in [0.3, 0.4) is 0 Å².